The van der Waals surface area contributed by atoms with Gasteiger partial charge in [-0.1, -0.05) is 12.1 Å². The molecular weight excluding hydrogens is 245 g/mol. The monoisotopic (exact) mass is 259 g/mol. The van der Waals surface area contributed by atoms with Crippen LogP contribution in [0.2, 0.25) is 0 Å². The Balaban J connectivity index is 2.20. The molecule has 1 amide bonds. The van der Waals surface area contributed by atoms with Crippen LogP contribution in [0.15, 0.2) is 36.4 Å². The highest BCUT2D eigenvalue weighted by atomic mass is 19.1. The van der Waals surface area contributed by atoms with E-state index in [4.69, 9.17) is 0 Å². The number of hydrogen-bond donors (Lipinski definition) is 2. The number of carbonyl (C=O) groups excluding carboxylic acids is 1. The van der Waals surface area contributed by atoms with Gasteiger partial charge < -0.3 is 10.4 Å². The average molecular weight is 259 g/mol. The molecule has 2 aromatic rings. The molecule has 0 heterocycles. The van der Waals surface area contributed by atoms with E-state index in [0.717, 1.165) is 0 Å². The van der Waals surface area contributed by atoms with Gasteiger partial charge in [0.05, 0.1) is 0 Å². The first-order valence-corrected chi connectivity index (χ1v) is 5.84. The second-order valence-electron chi connectivity index (χ2n) is 4.42. The second-order valence-corrected chi connectivity index (χ2v) is 4.42. The molecule has 2 rings (SSSR count). The third kappa shape index (κ3) is 2.91. The van der Waals surface area contributed by atoms with Gasteiger partial charge in [0.1, 0.15) is 11.6 Å². The number of anilines is 1. The number of aromatic hydroxyl groups is 1. The Morgan fingerprint density at radius 3 is 2.42 bits per heavy atom. The summed E-state index contributed by atoms with van der Waals surface area (Å²) in [6.45, 7) is 3.39. The molecule has 0 unspecified atom stereocenters. The molecule has 3 nitrogen and oxygen atoms in total. The Bertz CT molecular complexity index is 638. The van der Waals surface area contributed by atoms with Gasteiger partial charge in [0.15, 0.2) is 0 Å². The topological polar surface area (TPSA) is 49.3 Å². The van der Waals surface area contributed by atoms with Crippen molar-refractivity contribution in [1.29, 1.82) is 0 Å². The van der Waals surface area contributed by atoms with Gasteiger partial charge in [0, 0.05) is 11.3 Å². The van der Waals surface area contributed by atoms with Crippen LogP contribution in [0.4, 0.5) is 10.1 Å². The molecule has 4 heteroatoms. The summed E-state index contributed by atoms with van der Waals surface area (Å²) >= 11 is 0. The highest BCUT2D eigenvalue weighted by molar-refractivity contribution is 6.04. The van der Waals surface area contributed by atoms with Gasteiger partial charge in [0.2, 0.25) is 0 Å². The Labute approximate surface area is 110 Å². The maximum Gasteiger partial charge on any atom is 0.255 e. The van der Waals surface area contributed by atoms with E-state index in [9.17, 15) is 14.3 Å². The first-order valence-electron chi connectivity index (χ1n) is 5.84. The number of hydrogen-bond acceptors (Lipinski definition) is 2. The molecule has 0 aromatic heterocycles. The predicted octanol–water partition coefficient (Wildman–Crippen LogP) is 3.40. The Morgan fingerprint density at radius 1 is 1.11 bits per heavy atom. The van der Waals surface area contributed by atoms with Gasteiger partial charge in [0.25, 0.3) is 5.91 Å². The van der Waals surface area contributed by atoms with Gasteiger partial charge in [-0.05, 0) is 49.2 Å². The van der Waals surface area contributed by atoms with Crippen LogP contribution < -0.4 is 5.32 Å². The molecule has 19 heavy (non-hydrogen) atoms. The maximum absolute atomic E-state index is 13.4. The normalized spacial score (nSPS) is 10.3. The lowest BCUT2D eigenvalue weighted by atomic mass is 10.1. The Morgan fingerprint density at radius 2 is 1.79 bits per heavy atom. The fraction of sp³-hybridized carbons (Fsp3) is 0.133. The lowest BCUT2D eigenvalue weighted by Crippen LogP contribution is -2.12. The summed E-state index contributed by atoms with van der Waals surface area (Å²) < 4.78 is 13.4. The molecule has 0 aliphatic carbocycles. The number of benzene rings is 2. The van der Waals surface area contributed by atoms with E-state index >= 15 is 0 Å². The van der Waals surface area contributed by atoms with Crippen molar-refractivity contribution in [2.24, 2.45) is 0 Å². The molecule has 98 valence electrons. The minimum Gasteiger partial charge on any atom is -0.508 e. The smallest absolute Gasteiger partial charge is 0.255 e. The van der Waals surface area contributed by atoms with Crippen molar-refractivity contribution in [1.82, 2.24) is 0 Å². The molecule has 2 aromatic carbocycles. The highest BCUT2D eigenvalue weighted by Gasteiger charge is 2.09. The summed E-state index contributed by atoms with van der Waals surface area (Å²) in [5, 5.41) is 12.1. The highest BCUT2D eigenvalue weighted by Crippen LogP contribution is 2.19. The molecule has 2 N–H and O–H groups in total. The molecule has 0 bridgehead atoms. The molecule has 0 atom stereocenters. The number of halogens is 1. The van der Waals surface area contributed by atoms with Gasteiger partial charge in [-0.2, -0.15) is 0 Å². The summed E-state index contributed by atoms with van der Waals surface area (Å²) in [7, 11) is 0. The largest absolute Gasteiger partial charge is 0.508 e. The molecule has 0 aliphatic heterocycles. The number of rotatable bonds is 2. The van der Waals surface area contributed by atoms with Crippen LogP contribution >= 0.6 is 0 Å². The summed E-state index contributed by atoms with van der Waals surface area (Å²) in [5.41, 5.74) is 1.92. The molecule has 0 spiro atoms. The van der Waals surface area contributed by atoms with Crippen molar-refractivity contribution in [2.45, 2.75) is 13.8 Å². The van der Waals surface area contributed by atoms with E-state index in [-0.39, 0.29) is 11.6 Å². The van der Waals surface area contributed by atoms with Crippen LogP contribution in [-0.2, 0) is 0 Å². The van der Waals surface area contributed by atoms with Crippen LogP contribution in [0.3, 0.4) is 0 Å². The molecular formula is C15H14FNO2. The predicted molar refractivity (Wildman–Crippen MR) is 71.9 cm³/mol. The van der Waals surface area contributed by atoms with Crippen molar-refractivity contribution in [3.05, 3.63) is 58.9 Å². The number of carbonyl (C=O) groups is 1. The first-order chi connectivity index (χ1) is 8.97. The van der Waals surface area contributed by atoms with Crippen molar-refractivity contribution in [2.75, 3.05) is 5.32 Å². The Kier molecular flexibility index (Phi) is 3.51. The fourth-order valence-corrected chi connectivity index (χ4v) is 1.62. The van der Waals surface area contributed by atoms with Crippen molar-refractivity contribution < 1.29 is 14.3 Å². The molecule has 0 fully saturated rings. The van der Waals surface area contributed by atoms with Crippen molar-refractivity contribution in [3.63, 3.8) is 0 Å². The lowest BCUT2D eigenvalue weighted by Gasteiger charge is -2.07. The SMILES string of the molecule is Cc1ccc(C(=O)Nc2ccc(C)c(F)c2)cc1O. The number of amides is 1. The molecule has 0 saturated heterocycles. The van der Waals surface area contributed by atoms with Crippen LogP contribution in [0.1, 0.15) is 21.5 Å². The van der Waals surface area contributed by atoms with Crippen LogP contribution in [-0.4, -0.2) is 11.0 Å². The van der Waals surface area contributed by atoms with E-state index in [1.807, 2.05) is 0 Å². The van der Waals surface area contributed by atoms with Crippen LogP contribution in [0.5, 0.6) is 5.75 Å². The van der Waals surface area contributed by atoms with Gasteiger partial charge in [-0.3, -0.25) is 4.79 Å². The maximum atomic E-state index is 13.4. The Hall–Kier alpha value is -2.36. The number of phenolic OH excluding ortho intramolecular Hbond substituents is 1. The standard InChI is InChI=1S/C15H14FNO2/c1-9-4-6-12(8-13(9)16)17-15(19)11-5-3-10(2)14(18)7-11/h3-8,18H,1-2H3,(H,17,19). The summed E-state index contributed by atoms with van der Waals surface area (Å²) in [4.78, 5) is 11.9. The van der Waals surface area contributed by atoms with E-state index in [0.29, 0.717) is 22.4 Å². The zero-order chi connectivity index (χ0) is 14.0. The molecule has 0 radical (unpaired) electrons. The molecule has 0 aliphatic rings. The van der Waals surface area contributed by atoms with Crippen molar-refractivity contribution >= 4 is 11.6 Å². The van der Waals surface area contributed by atoms with E-state index in [1.54, 1.807) is 38.1 Å². The van der Waals surface area contributed by atoms with Gasteiger partial charge in [-0.15, -0.1) is 0 Å². The van der Waals surface area contributed by atoms with Crippen molar-refractivity contribution in [3.8, 4) is 5.75 Å². The van der Waals surface area contributed by atoms with Crippen LogP contribution in [0.25, 0.3) is 0 Å². The second kappa shape index (κ2) is 5.10. The fourth-order valence-electron chi connectivity index (χ4n) is 1.62. The summed E-state index contributed by atoms with van der Waals surface area (Å²) in [6, 6.07) is 9.13. The van der Waals surface area contributed by atoms with Gasteiger partial charge >= 0.3 is 0 Å². The minimum absolute atomic E-state index is 0.0581. The summed E-state index contributed by atoms with van der Waals surface area (Å²) in [6.07, 6.45) is 0. The minimum atomic E-state index is -0.390. The zero-order valence-electron chi connectivity index (χ0n) is 10.7. The summed E-state index contributed by atoms with van der Waals surface area (Å²) in [5.74, 6) is -0.703. The quantitative estimate of drug-likeness (QED) is 0.868. The van der Waals surface area contributed by atoms with Crippen LogP contribution in [0, 0.1) is 19.7 Å². The number of nitrogens with one attached hydrogen (secondary N) is 1. The van der Waals surface area contributed by atoms with Gasteiger partial charge in [-0.25, -0.2) is 4.39 Å². The first kappa shape index (κ1) is 13.1. The third-order valence-electron chi connectivity index (χ3n) is 2.90. The average Bonchev–Trinajstić information content (AvgIpc) is 2.37. The molecule has 0 saturated carbocycles. The van der Waals surface area contributed by atoms with E-state index in [2.05, 4.69) is 5.32 Å². The third-order valence-corrected chi connectivity index (χ3v) is 2.90. The number of aryl methyl sites for hydroxylation is 2. The van der Waals surface area contributed by atoms with E-state index < -0.39 is 5.91 Å². The lowest BCUT2D eigenvalue weighted by molar-refractivity contribution is 0.102. The zero-order valence-corrected chi connectivity index (χ0v) is 10.7. The number of phenols is 1. The van der Waals surface area contributed by atoms with E-state index in [1.165, 1.54) is 12.1 Å².